The molecule has 1 aromatic carbocycles. The van der Waals surface area contributed by atoms with Gasteiger partial charge in [0.25, 0.3) is 0 Å². The Kier molecular flexibility index (Phi) is 4.71. The SMILES string of the molecule is Fc1cccc(N2CCN(Cc3ccc(C(F)(F)F)cc3)CC2)n1. The first-order valence-corrected chi connectivity index (χ1v) is 7.68. The third kappa shape index (κ3) is 4.03. The van der Waals surface area contributed by atoms with Gasteiger partial charge in [-0.25, -0.2) is 4.98 Å². The van der Waals surface area contributed by atoms with E-state index >= 15 is 0 Å². The van der Waals surface area contributed by atoms with E-state index in [4.69, 9.17) is 0 Å². The van der Waals surface area contributed by atoms with Crippen LogP contribution in [0.15, 0.2) is 42.5 Å². The van der Waals surface area contributed by atoms with Crippen LogP contribution in [0.1, 0.15) is 11.1 Å². The van der Waals surface area contributed by atoms with Crippen molar-refractivity contribution in [1.82, 2.24) is 9.88 Å². The molecule has 0 aliphatic carbocycles. The molecule has 3 rings (SSSR count). The van der Waals surface area contributed by atoms with E-state index in [-0.39, 0.29) is 0 Å². The number of alkyl halides is 3. The van der Waals surface area contributed by atoms with Crippen molar-refractivity contribution in [2.24, 2.45) is 0 Å². The van der Waals surface area contributed by atoms with Crippen LogP contribution in [-0.2, 0) is 12.7 Å². The zero-order valence-corrected chi connectivity index (χ0v) is 12.9. The van der Waals surface area contributed by atoms with Crippen molar-refractivity contribution in [3.8, 4) is 0 Å². The molecule has 0 atom stereocenters. The van der Waals surface area contributed by atoms with Crippen molar-refractivity contribution in [1.29, 1.82) is 0 Å². The highest BCUT2D eigenvalue weighted by molar-refractivity contribution is 5.38. The van der Waals surface area contributed by atoms with E-state index in [1.165, 1.54) is 18.2 Å². The number of pyridine rings is 1. The van der Waals surface area contributed by atoms with E-state index in [0.717, 1.165) is 30.8 Å². The van der Waals surface area contributed by atoms with Crippen LogP contribution in [0, 0.1) is 5.95 Å². The minimum atomic E-state index is -4.30. The summed E-state index contributed by atoms with van der Waals surface area (Å²) in [5.41, 5.74) is 0.216. The summed E-state index contributed by atoms with van der Waals surface area (Å²) >= 11 is 0. The van der Waals surface area contributed by atoms with Crippen LogP contribution < -0.4 is 4.90 Å². The van der Waals surface area contributed by atoms with Crippen molar-refractivity contribution in [3.05, 3.63) is 59.5 Å². The van der Waals surface area contributed by atoms with Gasteiger partial charge >= 0.3 is 6.18 Å². The number of hydrogen-bond donors (Lipinski definition) is 0. The Balaban J connectivity index is 1.55. The lowest BCUT2D eigenvalue weighted by Crippen LogP contribution is -2.46. The molecule has 1 aliphatic rings. The van der Waals surface area contributed by atoms with Crippen molar-refractivity contribution in [2.75, 3.05) is 31.1 Å². The summed E-state index contributed by atoms with van der Waals surface area (Å²) in [5.74, 6) is 0.115. The summed E-state index contributed by atoms with van der Waals surface area (Å²) < 4.78 is 50.9. The molecule has 24 heavy (non-hydrogen) atoms. The second-order valence-electron chi connectivity index (χ2n) is 5.78. The highest BCUT2D eigenvalue weighted by Gasteiger charge is 2.30. The summed E-state index contributed by atoms with van der Waals surface area (Å²) in [4.78, 5) is 8.04. The summed E-state index contributed by atoms with van der Waals surface area (Å²) in [6.07, 6.45) is -4.30. The normalized spacial score (nSPS) is 16.4. The van der Waals surface area contributed by atoms with Crippen LogP contribution in [0.2, 0.25) is 0 Å². The third-order valence-corrected chi connectivity index (χ3v) is 4.08. The van der Waals surface area contributed by atoms with E-state index in [1.807, 2.05) is 4.90 Å². The Labute approximate surface area is 137 Å². The Morgan fingerprint density at radius 2 is 1.58 bits per heavy atom. The lowest BCUT2D eigenvalue weighted by atomic mass is 10.1. The molecule has 0 N–H and O–H groups in total. The molecule has 128 valence electrons. The molecule has 1 saturated heterocycles. The van der Waals surface area contributed by atoms with Gasteiger partial charge in [-0.05, 0) is 29.8 Å². The van der Waals surface area contributed by atoms with Gasteiger partial charge in [-0.3, -0.25) is 4.90 Å². The maximum absolute atomic E-state index is 13.2. The number of piperazine rings is 1. The van der Waals surface area contributed by atoms with E-state index < -0.39 is 17.7 Å². The molecule has 2 aromatic rings. The zero-order chi connectivity index (χ0) is 17.2. The smallest absolute Gasteiger partial charge is 0.354 e. The number of anilines is 1. The van der Waals surface area contributed by atoms with Gasteiger partial charge in [0, 0.05) is 32.7 Å². The van der Waals surface area contributed by atoms with E-state index in [0.29, 0.717) is 25.5 Å². The number of aromatic nitrogens is 1. The summed E-state index contributed by atoms with van der Waals surface area (Å²) in [6, 6.07) is 9.97. The number of nitrogens with zero attached hydrogens (tertiary/aromatic N) is 3. The van der Waals surface area contributed by atoms with Gasteiger partial charge in [0.1, 0.15) is 5.82 Å². The van der Waals surface area contributed by atoms with Gasteiger partial charge < -0.3 is 4.90 Å². The maximum atomic E-state index is 13.2. The van der Waals surface area contributed by atoms with Crippen molar-refractivity contribution in [3.63, 3.8) is 0 Å². The Morgan fingerprint density at radius 3 is 2.17 bits per heavy atom. The van der Waals surface area contributed by atoms with E-state index in [9.17, 15) is 17.6 Å². The largest absolute Gasteiger partial charge is 0.416 e. The van der Waals surface area contributed by atoms with Crippen molar-refractivity contribution < 1.29 is 17.6 Å². The predicted molar refractivity (Wildman–Crippen MR) is 83.1 cm³/mol. The predicted octanol–water partition coefficient (Wildman–Crippen LogP) is 3.56. The second kappa shape index (κ2) is 6.76. The molecule has 1 fully saturated rings. The molecule has 0 bridgehead atoms. The van der Waals surface area contributed by atoms with Crippen LogP contribution in [0.25, 0.3) is 0 Å². The van der Waals surface area contributed by atoms with E-state index in [2.05, 4.69) is 9.88 Å². The van der Waals surface area contributed by atoms with Crippen LogP contribution in [-0.4, -0.2) is 36.1 Å². The fourth-order valence-electron chi connectivity index (χ4n) is 2.77. The number of hydrogen-bond acceptors (Lipinski definition) is 3. The molecule has 0 amide bonds. The number of halogens is 4. The Hall–Kier alpha value is -2.15. The van der Waals surface area contributed by atoms with Gasteiger partial charge in [0.05, 0.1) is 5.56 Å². The minimum Gasteiger partial charge on any atom is -0.354 e. The van der Waals surface area contributed by atoms with Gasteiger partial charge in [0.15, 0.2) is 0 Å². The second-order valence-corrected chi connectivity index (χ2v) is 5.78. The van der Waals surface area contributed by atoms with Gasteiger partial charge in [-0.2, -0.15) is 17.6 Å². The molecule has 0 saturated carbocycles. The molecule has 3 nitrogen and oxygen atoms in total. The zero-order valence-electron chi connectivity index (χ0n) is 12.9. The summed E-state index contributed by atoms with van der Waals surface area (Å²) in [6.45, 7) is 3.51. The quantitative estimate of drug-likeness (QED) is 0.630. The Morgan fingerprint density at radius 1 is 0.917 bits per heavy atom. The molecule has 1 aromatic heterocycles. The fourth-order valence-corrected chi connectivity index (χ4v) is 2.77. The molecule has 7 heteroatoms. The molecule has 2 heterocycles. The third-order valence-electron chi connectivity index (χ3n) is 4.08. The monoisotopic (exact) mass is 339 g/mol. The molecule has 0 radical (unpaired) electrons. The van der Waals surface area contributed by atoms with Crippen LogP contribution in [0.3, 0.4) is 0 Å². The standard InChI is InChI=1S/C17H17F4N3/c18-15-2-1-3-16(22-15)24-10-8-23(9-11-24)12-13-4-6-14(7-5-13)17(19,20)21/h1-7H,8-12H2. The van der Waals surface area contributed by atoms with Crippen LogP contribution in [0.5, 0.6) is 0 Å². The fraction of sp³-hybridized carbons (Fsp3) is 0.353. The number of benzene rings is 1. The van der Waals surface area contributed by atoms with Crippen LogP contribution in [0.4, 0.5) is 23.4 Å². The summed E-state index contributed by atoms with van der Waals surface area (Å²) in [5, 5.41) is 0. The maximum Gasteiger partial charge on any atom is 0.416 e. The van der Waals surface area contributed by atoms with Crippen molar-refractivity contribution >= 4 is 5.82 Å². The highest BCUT2D eigenvalue weighted by atomic mass is 19.4. The highest BCUT2D eigenvalue weighted by Crippen LogP contribution is 2.29. The average Bonchev–Trinajstić information content (AvgIpc) is 2.55. The van der Waals surface area contributed by atoms with Crippen molar-refractivity contribution in [2.45, 2.75) is 12.7 Å². The lowest BCUT2D eigenvalue weighted by Gasteiger charge is -2.35. The molecule has 0 spiro atoms. The first-order valence-electron chi connectivity index (χ1n) is 7.68. The first-order chi connectivity index (χ1) is 11.4. The molecular formula is C17H17F4N3. The topological polar surface area (TPSA) is 19.4 Å². The molecule has 1 aliphatic heterocycles. The van der Waals surface area contributed by atoms with Crippen LogP contribution >= 0.6 is 0 Å². The lowest BCUT2D eigenvalue weighted by molar-refractivity contribution is -0.137. The molecular weight excluding hydrogens is 322 g/mol. The van der Waals surface area contributed by atoms with E-state index in [1.54, 1.807) is 12.1 Å². The summed E-state index contributed by atoms with van der Waals surface area (Å²) in [7, 11) is 0. The number of rotatable bonds is 3. The first kappa shape index (κ1) is 16.7. The van der Waals surface area contributed by atoms with Gasteiger partial charge in [-0.15, -0.1) is 0 Å². The average molecular weight is 339 g/mol. The Bertz CT molecular complexity index is 677. The molecule has 0 unspecified atom stereocenters. The minimum absolute atomic E-state index is 0.500. The van der Waals surface area contributed by atoms with Gasteiger partial charge in [-0.1, -0.05) is 18.2 Å². The van der Waals surface area contributed by atoms with Gasteiger partial charge in [0.2, 0.25) is 5.95 Å².